The first-order chi connectivity index (χ1) is 9.39. The van der Waals surface area contributed by atoms with Crippen LogP contribution in [0.5, 0.6) is 0 Å². The summed E-state index contributed by atoms with van der Waals surface area (Å²) in [7, 11) is 0. The fraction of sp³-hybridized carbons (Fsp3) is 1.00. The quantitative estimate of drug-likeness (QED) is 0.743. The SMILES string of the molecule is CCCC(C)CN1CCN(CC(N)CCC)CC1(C)C. The van der Waals surface area contributed by atoms with E-state index in [0.29, 0.717) is 6.04 Å². The second-order valence-electron chi connectivity index (χ2n) is 7.44. The van der Waals surface area contributed by atoms with E-state index in [-0.39, 0.29) is 5.54 Å². The van der Waals surface area contributed by atoms with Crippen LogP contribution >= 0.6 is 0 Å². The van der Waals surface area contributed by atoms with Crippen molar-refractivity contribution in [1.29, 1.82) is 0 Å². The van der Waals surface area contributed by atoms with Crippen LogP contribution in [0.25, 0.3) is 0 Å². The van der Waals surface area contributed by atoms with E-state index < -0.39 is 0 Å². The number of rotatable bonds is 8. The van der Waals surface area contributed by atoms with Crippen molar-refractivity contribution in [2.45, 2.75) is 71.9 Å². The van der Waals surface area contributed by atoms with Gasteiger partial charge in [-0.05, 0) is 32.6 Å². The maximum absolute atomic E-state index is 6.20. The van der Waals surface area contributed by atoms with Crippen LogP contribution < -0.4 is 5.73 Å². The second kappa shape index (κ2) is 8.35. The molecule has 1 aliphatic heterocycles. The predicted molar refractivity (Wildman–Crippen MR) is 89.0 cm³/mol. The van der Waals surface area contributed by atoms with Crippen molar-refractivity contribution < 1.29 is 0 Å². The Morgan fingerprint density at radius 2 is 1.70 bits per heavy atom. The van der Waals surface area contributed by atoms with Gasteiger partial charge < -0.3 is 5.73 Å². The van der Waals surface area contributed by atoms with Gasteiger partial charge in [0, 0.05) is 44.3 Å². The molecule has 0 amide bonds. The van der Waals surface area contributed by atoms with E-state index in [4.69, 9.17) is 5.73 Å². The molecule has 2 unspecified atom stereocenters. The zero-order valence-corrected chi connectivity index (χ0v) is 14.5. The summed E-state index contributed by atoms with van der Waals surface area (Å²) in [6, 6.07) is 0.348. The van der Waals surface area contributed by atoms with Gasteiger partial charge in [0.2, 0.25) is 0 Å². The molecule has 3 heteroatoms. The first-order valence-corrected chi connectivity index (χ1v) is 8.62. The third kappa shape index (κ3) is 5.71. The Labute approximate surface area is 126 Å². The molecule has 1 heterocycles. The molecule has 120 valence electrons. The lowest BCUT2D eigenvalue weighted by Crippen LogP contribution is -2.61. The summed E-state index contributed by atoms with van der Waals surface area (Å²) < 4.78 is 0. The zero-order valence-electron chi connectivity index (χ0n) is 14.5. The molecule has 0 spiro atoms. The molecule has 1 aliphatic rings. The molecule has 3 nitrogen and oxygen atoms in total. The molecule has 0 aromatic carbocycles. The summed E-state index contributed by atoms with van der Waals surface area (Å²) in [5.74, 6) is 0.813. The maximum atomic E-state index is 6.20. The van der Waals surface area contributed by atoms with E-state index in [1.807, 2.05) is 0 Å². The minimum Gasteiger partial charge on any atom is -0.327 e. The smallest absolute Gasteiger partial charge is 0.0280 e. The van der Waals surface area contributed by atoms with Crippen LogP contribution in [0.3, 0.4) is 0 Å². The topological polar surface area (TPSA) is 32.5 Å². The summed E-state index contributed by atoms with van der Waals surface area (Å²) in [6.45, 7) is 17.5. The first-order valence-electron chi connectivity index (χ1n) is 8.62. The van der Waals surface area contributed by atoms with Crippen LogP contribution in [-0.4, -0.2) is 54.1 Å². The van der Waals surface area contributed by atoms with Gasteiger partial charge in [-0.1, -0.05) is 33.6 Å². The highest BCUT2D eigenvalue weighted by Crippen LogP contribution is 2.23. The summed E-state index contributed by atoms with van der Waals surface area (Å²) in [6.07, 6.45) is 4.98. The van der Waals surface area contributed by atoms with Crippen molar-refractivity contribution in [3.05, 3.63) is 0 Å². The Balaban J connectivity index is 2.45. The fourth-order valence-corrected chi connectivity index (χ4v) is 3.54. The lowest BCUT2D eigenvalue weighted by Gasteiger charge is -2.48. The van der Waals surface area contributed by atoms with Crippen LogP contribution in [0, 0.1) is 5.92 Å². The van der Waals surface area contributed by atoms with Crippen LogP contribution in [-0.2, 0) is 0 Å². The lowest BCUT2D eigenvalue weighted by atomic mass is 9.95. The van der Waals surface area contributed by atoms with E-state index in [0.717, 1.165) is 25.4 Å². The van der Waals surface area contributed by atoms with Gasteiger partial charge in [-0.15, -0.1) is 0 Å². The van der Waals surface area contributed by atoms with Crippen LogP contribution in [0.4, 0.5) is 0 Å². The summed E-state index contributed by atoms with van der Waals surface area (Å²) >= 11 is 0. The molecule has 0 aromatic heterocycles. The average Bonchev–Trinajstić information content (AvgIpc) is 2.32. The molecule has 1 saturated heterocycles. The van der Waals surface area contributed by atoms with E-state index in [9.17, 15) is 0 Å². The van der Waals surface area contributed by atoms with Gasteiger partial charge in [0.05, 0.1) is 0 Å². The zero-order chi connectivity index (χ0) is 15.2. The van der Waals surface area contributed by atoms with E-state index in [1.54, 1.807) is 0 Å². The highest BCUT2D eigenvalue weighted by molar-refractivity contribution is 4.91. The molecule has 1 rings (SSSR count). The number of hydrogen-bond acceptors (Lipinski definition) is 3. The van der Waals surface area contributed by atoms with Crippen LogP contribution in [0.1, 0.15) is 60.3 Å². The third-order valence-electron chi connectivity index (χ3n) is 4.62. The largest absolute Gasteiger partial charge is 0.327 e. The fourth-order valence-electron chi connectivity index (χ4n) is 3.54. The molecule has 2 N–H and O–H groups in total. The number of hydrogen-bond donors (Lipinski definition) is 1. The number of piperazine rings is 1. The molecule has 1 fully saturated rings. The first kappa shape index (κ1) is 17.9. The predicted octanol–water partition coefficient (Wildman–Crippen LogP) is 2.95. The van der Waals surface area contributed by atoms with Crippen molar-refractivity contribution in [2.75, 3.05) is 32.7 Å². The molecular weight excluding hydrogens is 246 g/mol. The molecule has 0 saturated carbocycles. The van der Waals surface area contributed by atoms with Crippen LogP contribution in [0.2, 0.25) is 0 Å². The number of nitrogens with two attached hydrogens (primary N) is 1. The Morgan fingerprint density at radius 3 is 2.25 bits per heavy atom. The molecule has 20 heavy (non-hydrogen) atoms. The Kier molecular flexibility index (Phi) is 7.49. The monoisotopic (exact) mass is 283 g/mol. The highest BCUT2D eigenvalue weighted by Gasteiger charge is 2.34. The van der Waals surface area contributed by atoms with Crippen molar-refractivity contribution in [2.24, 2.45) is 11.7 Å². The standard InChI is InChI=1S/C17H37N3/c1-6-8-15(3)12-20-11-10-19(14-17(20,4)5)13-16(18)9-7-2/h15-16H,6-14,18H2,1-5H3. The Hall–Kier alpha value is -0.120. The lowest BCUT2D eigenvalue weighted by molar-refractivity contribution is 0.00762. The Bertz CT molecular complexity index is 265. The average molecular weight is 284 g/mol. The Morgan fingerprint density at radius 1 is 1.05 bits per heavy atom. The van der Waals surface area contributed by atoms with Crippen molar-refractivity contribution in [1.82, 2.24) is 9.80 Å². The summed E-state index contributed by atoms with van der Waals surface area (Å²) in [4.78, 5) is 5.26. The molecule has 0 radical (unpaired) electrons. The van der Waals surface area contributed by atoms with Gasteiger partial charge in [-0.3, -0.25) is 9.80 Å². The van der Waals surface area contributed by atoms with E-state index >= 15 is 0 Å². The van der Waals surface area contributed by atoms with Gasteiger partial charge in [0.15, 0.2) is 0 Å². The van der Waals surface area contributed by atoms with Crippen molar-refractivity contribution in [3.63, 3.8) is 0 Å². The summed E-state index contributed by atoms with van der Waals surface area (Å²) in [5.41, 5.74) is 6.49. The van der Waals surface area contributed by atoms with Gasteiger partial charge in [0.1, 0.15) is 0 Å². The number of nitrogens with zero attached hydrogens (tertiary/aromatic N) is 2. The van der Waals surface area contributed by atoms with Gasteiger partial charge in [0.25, 0.3) is 0 Å². The van der Waals surface area contributed by atoms with Crippen molar-refractivity contribution in [3.8, 4) is 0 Å². The van der Waals surface area contributed by atoms with Gasteiger partial charge >= 0.3 is 0 Å². The normalized spacial score (nSPS) is 23.7. The molecule has 0 aliphatic carbocycles. The molecule has 0 aromatic rings. The van der Waals surface area contributed by atoms with E-state index in [1.165, 1.54) is 38.9 Å². The van der Waals surface area contributed by atoms with Crippen molar-refractivity contribution >= 4 is 0 Å². The van der Waals surface area contributed by atoms with Gasteiger partial charge in [-0.2, -0.15) is 0 Å². The summed E-state index contributed by atoms with van der Waals surface area (Å²) in [5, 5.41) is 0. The molecule has 0 bridgehead atoms. The molecular formula is C17H37N3. The van der Waals surface area contributed by atoms with Crippen LogP contribution in [0.15, 0.2) is 0 Å². The minimum absolute atomic E-state index is 0.284. The van der Waals surface area contributed by atoms with Gasteiger partial charge in [-0.25, -0.2) is 0 Å². The maximum Gasteiger partial charge on any atom is 0.0280 e. The highest BCUT2D eigenvalue weighted by atomic mass is 15.3. The minimum atomic E-state index is 0.284. The van der Waals surface area contributed by atoms with E-state index in [2.05, 4.69) is 44.4 Å². The third-order valence-corrected chi connectivity index (χ3v) is 4.62. The molecule has 2 atom stereocenters. The second-order valence-corrected chi connectivity index (χ2v) is 7.44.